The fraction of sp³-hybridized carbons (Fsp3) is 0.375. The largest absolute Gasteiger partial charge is 0.504 e. The average molecular weight is 356 g/mol. The number of aliphatic hydroxyl groups excluding tert-OH is 4. The summed E-state index contributed by atoms with van der Waals surface area (Å²) in [7, 11) is 1.37. The molecule has 0 heterocycles. The van der Waals surface area contributed by atoms with Crippen molar-refractivity contribution >= 4 is 18.3 Å². The van der Waals surface area contributed by atoms with Crippen LogP contribution in [0.25, 0.3) is 6.08 Å². The fourth-order valence-corrected chi connectivity index (χ4v) is 1.79. The highest BCUT2D eigenvalue weighted by Gasteiger charge is 2.30. The van der Waals surface area contributed by atoms with Crippen molar-refractivity contribution in [3.63, 3.8) is 0 Å². The summed E-state index contributed by atoms with van der Waals surface area (Å²) < 4.78 is 9.61. The average Bonchev–Trinajstić information content (AvgIpc) is 2.63. The van der Waals surface area contributed by atoms with Crippen molar-refractivity contribution in [1.82, 2.24) is 0 Å². The van der Waals surface area contributed by atoms with Crippen molar-refractivity contribution < 1.29 is 44.6 Å². The van der Waals surface area contributed by atoms with Crippen molar-refractivity contribution in [1.29, 1.82) is 0 Å². The van der Waals surface area contributed by atoms with Crippen LogP contribution in [0.3, 0.4) is 0 Å². The van der Waals surface area contributed by atoms with Crippen LogP contribution in [-0.2, 0) is 14.3 Å². The van der Waals surface area contributed by atoms with Gasteiger partial charge in [0.05, 0.1) is 7.11 Å². The lowest BCUT2D eigenvalue weighted by molar-refractivity contribution is -0.151. The Kier molecular flexibility index (Phi) is 8.02. The molecule has 1 aromatic carbocycles. The normalized spacial score (nSPS) is 16.0. The van der Waals surface area contributed by atoms with Gasteiger partial charge in [0.25, 0.3) is 0 Å². The van der Waals surface area contributed by atoms with Gasteiger partial charge in [-0.2, -0.15) is 0 Å². The van der Waals surface area contributed by atoms with E-state index in [0.29, 0.717) is 5.56 Å². The van der Waals surface area contributed by atoms with E-state index in [2.05, 4.69) is 0 Å². The summed E-state index contributed by atoms with van der Waals surface area (Å²) >= 11 is 0. The van der Waals surface area contributed by atoms with Crippen LogP contribution in [0.5, 0.6) is 11.5 Å². The number of carbonyl (C=O) groups excluding carboxylic acids is 2. The lowest BCUT2D eigenvalue weighted by atomic mass is 10.0. The Morgan fingerprint density at radius 2 is 1.88 bits per heavy atom. The summed E-state index contributed by atoms with van der Waals surface area (Å²) in [5, 5.41) is 47.0. The molecule has 9 nitrogen and oxygen atoms in total. The highest BCUT2D eigenvalue weighted by Crippen LogP contribution is 2.26. The summed E-state index contributed by atoms with van der Waals surface area (Å²) in [5.41, 5.74) is 0.539. The lowest BCUT2D eigenvalue weighted by Crippen LogP contribution is -2.46. The first-order chi connectivity index (χ1) is 11.8. The molecule has 5 N–H and O–H groups in total. The van der Waals surface area contributed by atoms with Crippen molar-refractivity contribution in [2.75, 3.05) is 13.7 Å². The minimum Gasteiger partial charge on any atom is -0.504 e. The first kappa shape index (κ1) is 20.6. The molecule has 0 aliphatic carbocycles. The topological polar surface area (TPSA) is 154 Å². The zero-order valence-corrected chi connectivity index (χ0v) is 13.3. The second kappa shape index (κ2) is 9.74. The van der Waals surface area contributed by atoms with Gasteiger partial charge in [-0.1, -0.05) is 6.07 Å². The first-order valence-corrected chi connectivity index (χ1v) is 7.19. The fourth-order valence-electron chi connectivity index (χ4n) is 1.79. The first-order valence-electron chi connectivity index (χ1n) is 7.19. The van der Waals surface area contributed by atoms with E-state index >= 15 is 0 Å². The van der Waals surface area contributed by atoms with E-state index in [1.165, 1.54) is 31.4 Å². The number of esters is 1. The third kappa shape index (κ3) is 6.16. The van der Waals surface area contributed by atoms with E-state index in [-0.39, 0.29) is 17.8 Å². The standard InChI is InChI=1S/C16H20O9/c1-24-13-6-9(2-4-10(13)18)3-5-14(21)25-8-12(20)16(23)15(22)11(19)7-17/h2-7,11-12,15-16,18-20,22-23H,8H2,1H3/b5-3+/t11-,12+,15+,16+/m0/s1. The zero-order valence-electron chi connectivity index (χ0n) is 13.3. The predicted octanol–water partition coefficient (Wildman–Crippen LogP) is -1.40. The number of phenolic OH excluding ortho intramolecular Hbond substituents is 1. The smallest absolute Gasteiger partial charge is 0.330 e. The van der Waals surface area contributed by atoms with Gasteiger partial charge in [-0.3, -0.25) is 0 Å². The molecule has 25 heavy (non-hydrogen) atoms. The SMILES string of the molecule is COc1cc(/C=C/C(=O)OC[C@@H](O)[C@@H](O)[C@H](O)[C@@H](O)C=O)ccc1O. The summed E-state index contributed by atoms with van der Waals surface area (Å²) in [6.45, 7) is -0.661. The Morgan fingerprint density at radius 1 is 1.20 bits per heavy atom. The Morgan fingerprint density at radius 3 is 2.48 bits per heavy atom. The Labute approximate surface area is 143 Å². The molecule has 9 heteroatoms. The molecule has 0 radical (unpaired) electrons. The number of aliphatic hydroxyl groups is 4. The van der Waals surface area contributed by atoms with Gasteiger partial charge in [-0.15, -0.1) is 0 Å². The van der Waals surface area contributed by atoms with Crippen LogP contribution in [0.1, 0.15) is 5.56 Å². The van der Waals surface area contributed by atoms with Gasteiger partial charge in [0.15, 0.2) is 17.8 Å². The second-order valence-corrected chi connectivity index (χ2v) is 5.07. The molecule has 138 valence electrons. The van der Waals surface area contributed by atoms with E-state index in [0.717, 1.165) is 6.08 Å². The molecule has 0 bridgehead atoms. The van der Waals surface area contributed by atoms with Gasteiger partial charge in [-0.25, -0.2) is 4.79 Å². The number of phenols is 1. The van der Waals surface area contributed by atoms with Crippen LogP contribution in [0.2, 0.25) is 0 Å². The number of methoxy groups -OCH3 is 1. The van der Waals surface area contributed by atoms with Crippen molar-refractivity contribution in [2.45, 2.75) is 24.4 Å². The van der Waals surface area contributed by atoms with Crippen LogP contribution in [0.15, 0.2) is 24.3 Å². The van der Waals surface area contributed by atoms with Gasteiger partial charge in [0.1, 0.15) is 31.0 Å². The number of aromatic hydroxyl groups is 1. The van der Waals surface area contributed by atoms with Gasteiger partial charge >= 0.3 is 5.97 Å². The molecular weight excluding hydrogens is 336 g/mol. The van der Waals surface area contributed by atoms with E-state index in [1.54, 1.807) is 0 Å². The van der Waals surface area contributed by atoms with Crippen LogP contribution in [-0.4, -0.2) is 75.9 Å². The highest BCUT2D eigenvalue weighted by atomic mass is 16.5. The van der Waals surface area contributed by atoms with E-state index in [9.17, 15) is 30.0 Å². The second-order valence-electron chi connectivity index (χ2n) is 5.07. The summed E-state index contributed by atoms with van der Waals surface area (Å²) in [5.74, 6) is -0.684. The number of ether oxygens (including phenoxy) is 2. The van der Waals surface area contributed by atoms with Crippen molar-refractivity contribution in [3.8, 4) is 11.5 Å². The summed E-state index contributed by atoms with van der Waals surface area (Å²) in [6, 6.07) is 4.38. The predicted molar refractivity (Wildman–Crippen MR) is 84.7 cm³/mol. The molecule has 1 rings (SSSR count). The number of hydrogen-bond donors (Lipinski definition) is 5. The number of aldehydes is 1. The number of rotatable bonds is 9. The maximum absolute atomic E-state index is 11.6. The number of hydrogen-bond acceptors (Lipinski definition) is 9. The van der Waals surface area contributed by atoms with Crippen LogP contribution in [0, 0.1) is 0 Å². The Hall–Kier alpha value is -2.46. The molecule has 1 aromatic rings. The zero-order chi connectivity index (χ0) is 19.0. The molecule has 0 spiro atoms. The molecule has 4 atom stereocenters. The number of benzene rings is 1. The molecule has 0 unspecified atom stereocenters. The highest BCUT2D eigenvalue weighted by molar-refractivity contribution is 5.87. The van der Waals surface area contributed by atoms with E-state index in [4.69, 9.17) is 14.6 Å². The van der Waals surface area contributed by atoms with Crippen molar-refractivity contribution in [3.05, 3.63) is 29.8 Å². The molecule has 0 saturated carbocycles. The molecule has 0 saturated heterocycles. The van der Waals surface area contributed by atoms with Crippen LogP contribution >= 0.6 is 0 Å². The van der Waals surface area contributed by atoms with Gasteiger partial charge in [0, 0.05) is 6.08 Å². The maximum atomic E-state index is 11.6. The molecule has 0 aromatic heterocycles. The quantitative estimate of drug-likeness (QED) is 0.204. The molecule has 0 amide bonds. The van der Waals surface area contributed by atoms with Crippen LogP contribution in [0.4, 0.5) is 0 Å². The van der Waals surface area contributed by atoms with Gasteiger partial charge < -0.3 is 39.8 Å². The number of carbonyl (C=O) groups is 2. The monoisotopic (exact) mass is 356 g/mol. The summed E-state index contributed by atoms with van der Waals surface area (Å²) in [4.78, 5) is 21.9. The van der Waals surface area contributed by atoms with Crippen molar-refractivity contribution in [2.24, 2.45) is 0 Å². The lowest BCUT2D eigenvalue weighted by Gasteiger charge is -2.23. The van der Waals surface area contributed by atoms with Crippen LogP contribution < -0.4 is 4.74 Å². The van der Waals surface area contributed by atoms with E-state index in [1.807, 2.05) is 0 Å². The summed E-state index contributed by atoms with van der Waals surface area (Å²) in [6.07, 6.45) is -4.94. The molecular formula is C16H20O9. The van der Waals surface area contributed by atoms with E-state index < -0.39 is 37.0 Å². The minimum atomic E-state index is -1.91. The van der Waals surface area contributed by atoms with Gasteiger partial charge in [-0.05, 0) is 23.8 Å². The van der Waals surface area contributed by atoms with Gasteiger partial charge in [0.2, 0.25) is 0 Å². The third-order valence-electron chi connectivity index (χ3n) is 3.25. The maximum Gasteiger partial charge on any atom is 0.330 e. The Bertz CT molecular complexity index is 614. The molecule has 0 aliphatic heterocycles. The minimum absolute atomic E-state index is 0.00127. The Balaban J connectivity index is 2.55. The third-order valence-corrected chi connectivity index (χ3v) is 3.25. The molecule has 0 fully saturated rings. The molecule has 0 aliphatic rings.